The average molecular weight is 168 g/mol. The van der Waals surface area contributed by atoms with Crippen LogP contribution < -0.4 is 0 Å². The van der Waals surface area contributed by atoms with E-state index in [1.54, 1.807) is 6.08 Å². The molecular weight excluding hydrogens is 148 g/mol. The van der Waals surface area contributed by atoms with Gasteiger partial charge < -0.3 is 5.11 Å². The smallest absolute Gasteiger partial charge is 0.108 e. The van der Waals surface area contributed by atoms with E-state index in [1.165, 1.54) is 32.1 Å². The third-order valence-electron chi connectivity index (χ3n) is 1.78. The predicted molar refractivity (Wildman–Crippen MR) is 54.3 cm³/mol. The third kappa shape index (κ3) is 9.28. The monoisotopic (exact) mass is 168 g/mol. The highest BCUT2D eigenvalue weighted by molar-refractivity contribution is 5.04. The molecule has 0 aliphatic heterocycles. The van der Waals surface area contributed by atoms with Gasteiger partial charge >= 0.3 is 0 Å². The Morgan fingerprint density at radius 1 is 1.25 bits per heavy atom. The predicted octanol–water partition coefficient (Wildman–Crippen LogP) is 3.97. The molecule has 0 aromatic heterocycles. The fraction of sp³-hybridized carbons (Fsp3) is 0.636. The molecule has 0 aliphatic carbocycles. The molecular formula is C11H20O. The number of allylic oxidation sites excluding steroid dienone is 2. The zero-order chi connectivity index (χ0) is 9.23. The molecule has 70 valence electrons. The van der Waals surface area contributed by atoms with Gasteiger partial charge in [-0.3, -0.25) is 0 Å². The minimum absolute atomic E-state index is 0.156. The molecule has 0 fully saturated rings. The second kappa shape index (κ2) is 8.38. The first-order chi connectivity index (χ1) is 5.77. The molecule has 0 atom stereocenters. The molecule has 12 heavy (non-hydrogen) atoms. The molecule has 0 saturated carbocycles. The van der Waals surface area contributed by atoms with E-state index in [0.717, 1.165) is 6.42 Å². The van der Waals surface area contributed by atoms with Crippen LogP contribution in [-0.2, 0) is 0 Å². The number of aliphatic hydroxyl groups is 1. The van der Waals surface area contributed by atoms with E-state index in [1.807, 2.05) is 6.08 Å². The summed E-state index contributed by atoms with van der Waals surface area (Å²) >= 11 is 0. The summed E-state index contributed by atoms with van der Waals surface area (Å²) in [5, 5.41) is 8.71. The lowest BCUT2D eigenvalue weighted by Crippen LogP contribution is -1.76. The largest absolute Gasteiger partial charge is 0.509 e. The van der Waals surface area contributed by atoms with Gasteiger partial charge in [-0.2, -0.15) is 0 Å². The summed E-state index contributed by atoms with van der Waals surface area (Å²) < 4.78 is 0. The van der Waals surface area contributed by atoms with Gasteiger partial charge in [0, 0.05) is 0 Å². The number of aliphatic hydroxyl groups excluding tert-OH is 1. The molecule has 0 rings (SSSR count). The van der Waals surface area contributed by atoms with Crippen LogP contribution in [0.5, 0.6) is 0 Å². The summed E-state index contributed by atoms with van der Waals surface area (Å²) in [4.78, 5) is 0. The van der Waals surface area contributed by atoms with Gasteiger partial charge in [0.15, 0.2) is 0 Å². The van der Waals surface area contributed by atoms with Crippen molar-refractivity contribution in [2.75, 3.05) is 0 Å². The molecule has 0 saturated heterocycles. The van der Waals surface area contributed by atoms with Crippen LogP contribution in [0.4, 0.5) is 0 Å². The van der Waals surface area contributed by atoms with Crippen molar-refractivity contribution in [3.63, 3.8) is 0 Å². The summed E-state index contributed by atoms with van der Waals surface area (Å²) in [5.41, 5.74) is 0. The SMILES string of the molecule is C=C(O)/C=C/CCCCCCC. The van der Waals surface area contributed by atoms with Crippen molar-refractivity contribution in [2.24, 2.45) is 0 Å². The van der Waals surface area contributed by atoms with Crippen molar-refractivity contribution >= 4 is 0 Å². The second-order valence-electron chi connectivity index (χ2n) is 3.10. The number of rotatable bonds is 7. The maximum atomic E-state index is 8.71. The first kappa shape index (κ1) is 11.3. The molecule has 1 heteroatoms. The Labute approximate surface area is 75.8 Å². The molecule has 0 spiro atoms. The van der Waals surface area contributed by atoms with Crippen LogP contribution in [0.2, 0.25) is 0 Å². The first-order valence-electron chi connectivity index (χ1n) is 4.81. The van der Waals surface area contributed by atoms with E-state index >= 15 is 0 Å². The maximum Gasteiger partial charge on any atom is 0.108 e. The van der Waals surface area contributed by atoms with Gasteiger partial charge in [0.1, 0.15) is 5.76 Å². The molecule has 0 bridgehead atoms. The van der Waals surface area contributed by atoms with Crippen molar-refractivity contribution in [2.45, 2.75) is 45.4 Å². The molecule has 0 aliphatic rings. The van der Waals surface area contributed by atoms with Crippen LogP contribution in [0.25, 0.3) is 0 Å². The summed E-state index contributed by atoms with van der Waals surface area (Å²) in [6.45, 7) is 5.59. The van der Waals surface area contributed by atoms with E-state index in [9.17, 15) is 0 Å². The van der Waals surface area contributed by atoms with E-state index in [-0.39, 0.29) is 5.76 Å². The maximum absolute atomic E-state index is 8.71. The minimum atomic E-state index is 0.156. The van der Waals surface area contributed by atoms with E-state index in [4.69, 9.17) is 5.11 Å². The van der Waals surface area contributed by atoms with Crippen molar-refractivity contribution in [3.8, 4) is 0 Å². The highest BCUT2D eigenvalue weighted by atomic mass is 16.3. The molecule has 0 aromatic rings. The highest BCUT2D eigenvalue weighted by Crippen LogP contribution is 2.05. The Hall–Kier alpha value is -0.720. The second-order valence-corrected chi connectivity index (χ2v) is 3.10. The summed E-state index contributed by atoms with van der Waals surface area (Å²) in [6.07, 6.45) is 11.2. The lowest BCUT2D eigenvalue weighted by atomic mass is 10.1. The number of hydrogen-bond acceptors (Lipinski definition) is 1. The van der Waals surface area contributed by atoms with E-state index in [2.05, 4.69) is 13.5 Å². The first-order valence-corrected chi connectivity index (χ1v) is 4.81. The minimum Gasteiger partial charge on any atom is -0.509 e. The van der Waals surface area contributed by atoms with Gasteiger partial charge in [-0.15, -0.1) is 0 Å². The Balaban J connectivity index is 3.05. The van der Waals surface area contributed by atoms with Crippen molar-refractivity contribution in [3.05, 3.63) is 24.5 Å². The van der Waals surface area contributed by atoms with Gasteiger partial charge in [0.2, 0.25) is 0 Å². The number of hydrogen-bond donors (Lipinski definition) is 1. The van der Waals surface area contributed by atoms with Crippen molar-refractivity contribution in [1.29, 1.82) is 0 Å². The van der Waals surface area contributed by atoms with Crippen LogP contribution in [0.1, 0.15) is 45.4 Å². The normalized spacial score (nSPS) is 10.8. The topological polar surface area (TPSA) is 20.2 Å². The summed E-state index contributed by atoms with van der Waals surface area (Å²) in [5.74, 6) is 0.156. The van der Waals surface area contributed by atoms with Crippen LogP contribution >= 0.6 is 0 Å². The van der Waals surface area contributed by atoms with Crippen LogP contribution in [0.15, 0.2) is 24.5 Å². The highest BCUT2D eigenvalue weighted by Gasteiger charge is 1.86. The van der Waals surface area contributed by atoms with Crippen LogP contribution in [0.3, 0.4) is 0 Å². The lowest BCUT2D eigenvalue weighted by Gasteiger charge is -1.95. The van der Waals surface area contributed by atoms with Gasteiger partial charge in [-0.1, -0.05) is 45.3 Å². The summed E-state index contributed by atoms with van der Waals surface area (Å²) in [7, 11) is 0. The van der Waals surface area contributed by atoms with Gasteiger partial charge in [0.25, 0.3) is 0 Å². The Morgan fingerprint density at radius 2 is 1.92 bits per heavy atom. The molecule has 1 nitrogen and oxygen atoms in total. The fourth-order valence-corrected chi connectivity index (χ4v) is 1.09. The molecule has 0 unspecified atom stereocenters. The molecule has 1 N–H and O–H groups in total. The fourth-order valence-electron chi connectivity index (χ4n) is 1.09. The van der Waals surface area contributed by atoms with E-state index in [0.29, 0.717) is 0 Å². The Morgan fingerprint density at radius 3 is 2.50 bits per heavy atom. The zero-order valence-corrected chi connectivity index (χ0v) is 8.05. The van der Waals surface area contributed by atoms with Crippen molar-refractivity contribution < 1.29 is 5.11 Å². The Kier molecular flexibility index (Phi) is 7.87. The lowest BCUT2D eigenvalue weighted by molar-refractivity contribution is 0.435. The van der Waals surface area contributed by atoms with Gasteiger partial charge in [-0.05, 0) is 18.9 Å². The quantitative estimate of drug-likeness (QED) is 0.346. The Bertz CT molecular complexity index is 136. The standard InChI is InChI=1S/C11H20O/c1-3-4-5-6-7-8-9-10-11(2)12/h9-10,12H,2-8H2,1H3/b10-9+. The van der Waals surface area contributed by atoms with Crippen molar-refractivity contribution in [1.82, 2.24) is 0 Å². The third-order valence-corrected chi connectivity index (χ3v) is 1.78. The molecule has 0 aromatic carbocycles. The average Bonchev–Trinajstić information content (AvgIpc) is 2.02. The summed E-state index contributed by atoms with van der Waals surface area (Å²) in [6, 6.07) is 0. The zero-order valence-electron chi connectivity index (χ0n) is 8.05. The van der Waals surface area contributed by atoms with Gasteiger partial charge in [0.05, 0.1) is 0 Å². The molecule has 0 radical (unpaired) electrons. The van der Waals surface area contributed by atoms with E-state index < -0.39 is 0 Å². The van der Waals surface area contributed by atoms with Crippen LogP contribution in [-0.4, -0.2) is 5.11 Å². The van der Waals surface area contributed by atoms with Crippen LogP contribution in [0, 0.1) is 0 Å². The molecule has 0 heterocycles. The van der Waals surface area contributed by atoms with Gasteiger partial charge in [-0.25, -0.2) is 0 Å². The molecule has 0 amide bonds. The number of unbranched alkanes of at least 4 members (excludes halogenated alkanes) is 5.